The van der Waals surface area contributed by atoms with Gasteiger partial charge in [0.1, 0.15) is 18.2 Å². The molecule has 4 rings (SSSR count). The van der Waals surface area contributed by atoms with Crippen LogP contribution in [0, 0.1) is 11.6 Å². The number of alkyl carbamates (subject to hydrolysis) is 1. The second-order valence-corrected chi connectivity index (χ2v) is 8.08. The molecule has 0 aliphatic heterocycles. The number of hydrogen-bond donors (Lipinski definition) is 1. The van der Waals surface area contributed by atoms with Gasteiger partial charge in [-0.15, -0.1) is 0 Å². The Morgan fingerprint density at radius 3 is 2.32 bits per heavy atom. The molecule has 0 spiro atoms. The van der Waals surface area contributed by atoms with Gasteiger partial charge in [-0.3, -0.25) is 0 Å². The van der Waals surface area contributed by atoms with E-state index in [-0.39, 0.29) is 18.1 Å². The van der Waals surface area contributed by atoms with Gasteiger partial charge in [-0.25, -0.2) is 13.6 Å². The Morgan fingerprint density at radius 1 is 1.03 bits per heavy atom. The highest BCUT2D eigenvalue weighted by Gasteiger charge is 2.28. The number of amides is 1. The fraction of sp³-hybridized carbons (Fsp3) is 0.160. The highest BCUT2D eigenvalue weighted by molar-refractivity contribution is 9.10. The van der Waals surface area contributed by atoms with Crippen LogP contribution in [0.4, 0.5) is 13.6 Å². The molecular formula is C25H20BrF2NO2. The largest absolute Gasteiger partial charge is 0.449 e. The van der Waals surface area contributed by atoms with E-state index in [1.165, 1.54) is 17.2 Å². The number of nitrogens with one attached hydrogen (secondary N) is 1. The van der Waals surface area contributed by atoms with Crippen molar-refractivity contribution >= 4 is 28.1 Å². The number of benzene rings is 3. The molecule has 0 unspecified atom stereocenters. The van der Waals surface area contributed by atoms with Crippen molar-refractivity contribution < 1.29 is 18.3 Å². The quantitative estimate of drug-likeness (QED) is 0.397. The lowest BCUT2D eigenvalue weighted by molar-refractivity contribution is 0.143. The highest BCUT2D eigenvalue weighted by atomic mass is 79.9. The number of rotatable bonds is 6. The normalized spacial score (nSPS) is 12.6. The van der Waals surface area contributed by atoms with Gasteiger partial charge in [0.15, 0.2) is 0 Å². The van der Waals surface area contributed by atoms with E-state index >= 15 is 0 Å². The van der Waals surface area contributed by atoms with Crippen LogP contribution in [0.1, 0.15) is 29.0 Å². The standard InChI is InChI=1S/C25H20BrF2NO2/c26-23-13-16(27)14-24(28)21(23)11-5-6-12-29-25(30)31-15-22-19-9-3-1-7-17(19)18-8-2-4-10-20(18)22/h1-5,7-11,13-14,22H,6,12,15H2,(H,29,30). The van der Waals surface area contributed by atoms with Crippen LogP contribution in [0.3, 0.4) is 0 Å². The number of carbonyl (C=O) groups is 1. The molecule has 0 atom stereocenters. The lowest BCUT2D eigenvalue weighted by atomic mass is 9.98. The zero-order valence-electron chi connectivity index (χ0n) is 16.6. The summed E-state index contributed by atoms with van der Waals surface area (Å²) in [7, 11) is 0. The molecule has 0 saturated heterocycles. The molecule has 3 aromatic carbocycles. The zero-order valence-corrected chi connectivity index (χ0v) is 18.2. The molecule has 1 aliphatic rings. The fourth-order valence-corrected chi connectivity index (χ4v) is 4.36. The summed E-state index contributed by atoms with van der Waals surface area (Å²) in [5, 5.41) is 2.70. The van der Waals surface area contributed by atoms with Crippen LogP contribution in [0.25, 0.3) is 17.2 Å². The summed E-state index contributed by atoms with van der Waals surface area (Å²) >= 11 is 3.15. The van der Waals surface area contributed by atoms with E-state index in [0.717, 1.165) is 17.2 Å². The fourth-order valence-electron chi connectivity index (χ4n) is 3.82. The molecule has 0 saturated carbocycles. The van der Waals surface area contributed by atoms with E-state index in [0.29, 0.717) is 17.4 Å². The van der Waals surface area contributed by atoms with Gasteiger partial charge in [-0.1, -0.05) is 60.7 Å². The second kappa shape index (κ2) is 9.43. The predicted octanol–water partition coefficient (Wildman–Crippen LogP) is 6.67. The number of hydrogen-bond acceptors (Lipinski definition) is 2. The zero-order chi connectivity index (χ0) is 21.8. The van der Waals surface area contributed by atoms with E-state index < -0.39 is 17.7 Å². The lowest BCUT2D eigenvalue weighted by Crippen LogP contribution is -2.26. The Morgan fingerprint density at radius 2 is 1.68 bits per heavy atom. The van der Waals surface area contributed by atoms with Crippen LogP contribution >= 0.6 is 15.9 Å². The maximum atomic E-state index is 13.8. The summed E-state index contributed by atoms with van der Waals surface area (Å²) in [5.41, 5.74) is 4.94. The van der Waals surface area contributed by atoms with Crippen LogP contribution in [0.5, 0.6) is 0 Å². The van der Waals surface area contributed by atoms with Crippen LogP contribution in [0.15, 0.2) is 71.2 Å². The summed E-state index contributed by atoms with van der Waals surface area (Å²) in [6, 6.07) is 18.4. The van der Waals surface area contributed by atoms with Gasteiger partial charge in [-0.05, 0) is 50.7 Å². The minimum Gasteiger partial charge on any atom is -0.449 e. The molecule has 0 heterocycles. The smallest absolute Gasteiger partial charge is 0.407 e. The van der Waals surface area contributed by atoms with Crippen LogP contribution in [-0.2, 0) is 4.74 Å². The molecule has 6 heteroatoms. The van der Waals surface area contributed by atoms with Gasteiger partial charge in [0.05, 0.1) is 0 Å². The topological polar surface area (TPSA) is 38.3 Å². The van der Waals surface area contributed by atoms with E-state index in [1.54, 1.807) is 12.2 Å². The maximum absolute atomic E-state index is 13.8. The van der Waals surface area contributed by atoms with E-state index in [4.69, 9.17) is 4.74 Å². The highest BCUT2D eigenvalue weighted by Crippen LogP contribution is 2.44. The average molecular weight is 484 g/mol. The van der Waals surface area contributed by atoms with Crippen molar-refractivity contribution in [2.45, 2.75) is 12.3 Å². The van der Waals surface area contributed by atoms with Gasteiger partial charge in [0.25, 0.3) is 0 Å². The molecule has 0 radical (unpaired) electrons. The van der Waals surface area contributed by atoms with E-state index in [9.17, 15) is 13.6 Å². The molecule has 3 aromatic rings. The van der Waals surface area contributed by atoms with Gasteiger partial charge in [0.2, 0.25) is 0 Å². The third-order valence-electron chi connectivity index (χ3n) is 5.25. The van der Waals surface area contributed by atoms with E-state index in [2.05, 4.69) is 45.5 Å². The van der Waals surface area contributed by atoms with Crippen molar-refractivity contribution in [1.29, 1.82) is 0 Å². The van der Waals surface area contributed by atoms with Gasteiger partial charge >= 0.3 is 6.09 Å². The monoisotopic (exact) mass is 483 g/mol. The molecule has 0 bridgehead atoms. The third-order valence-corrected chi connectivity index (χ3v) is 5.91. The molecule has 3 nitrogen and oxygen atoms in total. The lowest BCUT2D eigenvalue weighted by Gasteiger charge is -2.14. The molecular weight excluding hydrogens is 464 g/mol. The van der Waals surface area contributed by atoms with Gasteiger partial charge in [-0.2, -0.15) is 0 Å². The Labute approximate surface area is 187 Å². The van der Waals surface area contributed by atoms with Crippen molar-refractivity contribution in [3.8, 4) is 11.1 Å². The first-order valence-electron chi connectivity index (χ1n) is 9.94. The predicted molar refractivity (Wildman–Crippen MR) is 121 cm³/mol. The number of halogens is 3. The minimum absolute atomic E-state index is 0.0110. The summed E-state index contributed by atoms with van der Waals surface area (Å²) in [6.07, 6.45) is 3.25. The first kappa shape index (κ1) is 21.2. The SMILES string of the molecule is O=C(NCCC=Cc1c(F)cc(F)cc1Br)OCC1c2ccccc2-c2ccccc21. The Kier molecular flexibility index (Phi) is 6.47. The number of fused-ring (bicyclic) bond motifs is 3. The molecule has 0 aromatic heterocycles. The van der Waals surface area contributed by atoms with Gasteiger partial charge < -0.3 is 10.1 Å². The maximum Gasteiger partial charge on any atom is 0.407 e. The number of carbonyl (C=O) groups excluding carboxylic acids is 1. The summed E-state index contributed by atoms with van der Waals surface area (Å²) in [5.74, 6) is -1.28. The van der Waals surface area contributed by atoms with Crippen molar-refractivity contribution in [2.24, 2.45) is 0 Å². The molecule has 31 heavy (non-hydrogen) atoms. The Hall–Kier alpha value is -2.99. The molecule has 0 fully saturated rings. The molecule has 158 valence electrons. The molecule has 1 aliphatic carbocycles. The molecule has 1 N–H and O–H groups in total. The minimum atomic E-state index is -0.646. The Bertz CT molecular complexity index is 1080. The summed E-state index contributed by atoms with van der Waals surface area (Å²) in [6.45, 7) is 0.594. The van der Waals surface area contributed by atoms with Crippen LogP contribution in [0.2, 0.25) is 0 Å². The van der Waals surface area contributed by atoms with Crippen LogP contribution < -0.4 is 5.32 Å². The van der Waals surface area contributed by atoms with Crippen LogP contribution in [-0.4, -0.2) is 19.2 Å². The van der Waals surface area contributed by atoms with Crippen molar-refractivity contribution in [2.75, 3.05) is 13.2 Å². The Balaban J connectivity index is 1.29. The average Bonchev–Trinajstić information content (AvgIpc) is 3.07. The van der Waals surface area contributed by atoms with E-state index in [1.807, 2.05) is 24.3 Å². The van der Waals surface area contributed by atoms with Crippen molar-refractivity contribution in [3.05, 3.63) is 99.5 Å². The van der Waals surface area contributed by atoms with Gasteiger partial charge in [0, 0.05) is 28.6 Å². The first-order valence-corrected chi connectivity index (χ1v) is 10.7. The number of ether oxygens (including phenoxy) is 1. The second-order valence-electron chi connectivity index (χ2n) is 7.23. The van der Waals surface area contributed by atoms with Crippen molar-refractivity contribution in [1.82, 2.24) is 5.32 Å². The molecule has 1 amide bonds. The third kappa shape index (κ3) is 4.69. The first-order chi connectivity index (χ1) is 15.0. The summed E-state index contributed by atoms with van der Waals surface area (Å²) in [4.78, 5) is 12.1. The van der Waals surface area contributed by atoms with Crippen molar-refractivity contribution in [3.63, 3.8) is 0 Å². The summed E-state index contributed by atoms with van der Waals surface area (Å²) < 4.78 is 32.7.